The van der Waals surface area contributed by atoms with E-state index < -0.39 is 53.8 Å². The molecule has 4 unspecified atom stereocenters. The minimum atomic E-state index is -1.33. The Morgan fingerprint density at radius 2 is 1.54 bits per heavy atom. The van der Waals surface area contributed by atoms with Gasteiger partial charge >= 0.3 is 5.97 Å². The molecule has 0 radical (unpaired) electrons. The van der Waals surface area contributed by atoms with Crippen LogP contribution in [-0.2, 0) is 24.0 Å². The van der Waals surface area contributed by atoms with Crippen LogP contribution in [0.4, 0.5) is 0 Å². The Balaban J connectivity index is 4.93. The van der Waals surface area contributed by atoms with E-state index in [9.17, 15) is 24.0 Å². The van der Waals surface area contributed by atoms with Gasteiger partial charge in [0.25, 0.3) is 0 Å². The topological polar surface area (TPSA) is 194 Å². The maximum absolute atomic E-state index is 12.4. The van der Waals surface area contributed by atoms with E-state index in [0.717, 1.165) is 0 Å². The number of amides is 4. The summed E-state index contributed by atoms with van der Waals surface area (Å²) >= 11 is 3.93. The van der Waals surface area contributed by atoms with Crippen molar-refractivity contribution in [3.63, 3.8) is 0 Å². The van der Waals surface area contributed by atoms with Crippen molar-refractivity contribution in [1.82, 2.24) is 16.0 Å². The van der Waals surface area contributed by atoms with E-state index in [4.69, 9.17) is 16.6 Å². The zero-order valence-electron chi connectivity index (χ0n) is 16.1. The van der Waals surface area contributed by atoms with Crippen molar-refractivity contribution in [2.24, 2.45) is 17.4 Å². The van der Waals surface area contributed by atoms with Gasteiger partial charge in [-0.25, -0.2) is 4.79 Å². The Morgan fingerprint density at radius 1 is 0.964 bits per heavy atom. The third kappa shape index (κ3) is 9.04. The number of nitrogens with two attached hydrogens (primary N) is 2. The van der Waals surface area contributed by atoms with Gasteiger partial charge in [-0.1, -0.05) is 13.8 Å². The number of carbonyl (C=O) groups is 5. The van der Waals surface area contributed by atoms with Gasteiger partial charge in [0.15, 0.2) is 0 Å². The SMILES string of the molecule is CC(NC(=O)C(NC(=O)C(N)CS)C(C)C)C(=O)NC(CCC(N)=O)C(=O)O. The van der Waals surface area contributed by atoms with Crippen molar-refractivity contribution in [1.29, 1.82) is 0 Å². The summed E-state index contributed by atoms with van der Waals surface area (Å²) in [5.74, 6) is -4.17. The molecule has 0 saturated carbocycles. The van der Waals surface area contributed by atoms with E-state index in [1.165, 1.54) is 6.92 Å². The largest absolute Gasteiger partial charge is 0.480 e. The van der Waals surface area contributed by atoms with Gasteiger partial charge in [-0.05, 0) is 19.3 Å². The fraction of sp³-hybridized carbons (Fsp3) is 0.688. The fourth-order valence-corrected chi connectivity index (χ4v) is 2.25. The maximum Gasteiger partial charge on any atom is 0.326 e. The molecule has 8 N–H and O–H groups in total. The second-order valence-electron chi connectivity index (χ2n) is 6.65. The molecule has 11 nitrogen and oxygen atoms in total. The smallest absolute Gasteiger partial charge is 0.326 e. The Morgan fingerprint density at radius 3 is 1.96 bits per heavy atom. The average molecular weight is 420 g/mol. The maximum atomic E-state index is 12.4. The molecule has 0 bridgehead atoms. The van der Waals surface area contributed by atoms with E-state index in [2.05, 4.69) is 28.6 Å². The zero-order valence-corrected chi connectivity index (χ0v) is 17.0. The molecule has 4 amide bonds. The molecule has 0 heterocycles. The van der Waals surface area contributed by atoms with Crippen LogP contribution in [0, 0.1) is 5.92 Å². The van der Waals surface area contributed by atoms with Crippen LogP contribution in [0.25, 0.3) is 0 Å². The van der Waals surface area contributed by atoms with Crippen molar-refractivity contribution in [3.8, 4) is 0 Å². The molecule has 0 aromatic heterocycles. The highest BCUT2D eigenvalue weighted by atomic mass is 32.1. The number of primary amides is 1. The molecule has 0 aliphatic heterocycles. The molecular formula is C16H29N5O6S. The van der Waals surface area contributed by atoms with Crippen molar-refractivity contribution in [3.05, 3.63) is 0 Å². The molecule has 160 valence electrons. The second kappa shape index (κ2) is 12.2. The van der Waals surface area contributed by atoms with Gasteiger partial charge in [-0.2, -0.15) is 12.6 Å². The molecular weight excluding hydrogens is 390 g/mol. The van der Waals surface area contributed by atoms with Crippen LogP contribution >= 0.6 is 12.6 Å². The molecule has 12 heteroatoms. The van der Waals surface area contributed by atoms with Crippen molar-refractivity contribution < 1.29 is 29.1 Å². The van der Waals surface area contributed by atoms with Crippen molar-refractivity contribution >= 4 is 42.2 Å². The summed E-state index contributed by atoms with van der Waals surface area (Å²) in [5, 5.41) is 16.3. The molecule has 0 aliphatic rings. The Hall–Kier alpha value is -2.34. The summed E-state index contributed by atoms with van der Waals surface area (Å²) in [6.45, 7) is 4.76. The highest BCUT2D eigenvalue weighted by molar-refractivity contribution is 7.80. The summed E-state index contributed by atoms with van der Waals surface area (Å²) in [4.78, 5) is 58.5. The third-order valence-corrected chi connectivity index (χ3v) is 4.22. The number of carboxylic acid groups (broad SMARTS) is 1. The number of hydrogen-bond donors (Lipinski definition) is 7. The molecule has 0 saturated heterocycles. The predicted molar refractivity (Wildman–Crippen MR) is 104 cm³/mol. The van der Waals surface area contributed by atoms with Crippen LogP contribution < -0.4 is 27.4 Å². The standard InChI is InChI=1S/C16H29N5O6S/c1-7(2)12(21-14(24)9(17)6-28)15(25)19-8(3)13(23)20-10(16(26)27)4-5-11(18)22/h7-10,12,28H,4-6,17H2,1-3H3,(H2,18,22)(H,19,25)(H,20,23)(H,21,24)(H,26,27). The first kappa shape index (κ1) is 25.7. The minimum Gasteiger partial charge on any atom is -0.480 e. The van der Waals surface area contributed by atoms with E-state index in [1.807, 2.05) is 0 Å². The lowest BCUT2D eigenvalue weighted by molar-refractivity contribution is -0.142. The number of hydrogen-bond acceptors (Lipinski definition) is 7. The molecule has 0 fully saturated rings. The quantitative estimate of drug-likeness (QED) is 0.173. The summed E-state index contributed by atoms with van der Waals surface area (Å²) in [7, 11) is 0. The first-order valence-electron chi connectivity index (χ1n) is 8.69. The molecule has 0 aromatic carbocycles. The normalized spacial score (nSPS) is 15.1. The number of carboxylic acids is 1. The number of carbonyl (C=O) groups excluding carboxylic acids is 4. The highest BCUT2D eigenvalue weighted by Gasteiger charge is 2.29. The first-order chi connectivity index (χ1) is 12.9. The lowest BCUT2D eigenvalue weighted by Crippen LogP contribution is -2.57. The van der Waals surface area contributed by atoms with Gasteiger partial charge in [0.1, 0.15) is 18.1 Å². The lowest BCUT2D eigenvalue weighted by atomic mass is 10.0. The summed E-state index contributed by atoms with van der Waals surface area (Å²) < 4.78 is 0. The summed E-state index contributed by atoms with van der Waals surface area (Å²) in [5.41, 5.74) is 10.6. The molecule has 0 aliphatic carbocycles. The molecule has 0 rings (SSSR count). The predicted octanol–water partition coefficient (Wildman–Crippen LogP) is -2.28. The van der Waals surface area contributed by atoms with E-state index in [1.54, 1.807) is 13.8 Å². The summed E-state index contributed by atoms with van der Waals surface area (Å²) in [6, 6.07) is -4.24. The number of thiol groups is 1. The van der Waals surface area contributed by atoms with Crippen LogP contribution in [0.3, 0.4) is 0 Å². The van der Waals surface area contributed by atoms with Crippen LogP contribution in [0.2, 0.25) is 0 Å². The van der Waals surface area contributed by atoms with Gasteiger partial charge in [-0.3, -0.25) is 19.2 Å². The first-order valence-corrected chi connectivity index (χ1v) is 9.32. The van der Waals surface area contributed by atoms with Crippen LogP contribution in [0.15, 0.2) is 0 Å². The van der Waals surface area contributed by atoms with Crippen LogP contribution in [0.1, 0.15) is 33.6 Å². The van der Waals surface area contributed by atoms with Crippen LogP contribution in [0.5, 0.6) is 0 Å². The number of rotatable bonds is 12. The molecule has 0 aromatic rings. The fourth-order valence-electron chi connectivity index (χ4n) is 2.09. The van der Waals surface area contributed by atoms with Gasteiger partial charge in [-0.15, -0.1) is 0 Å². The monoisotopic (exact) mass is 419 g/mol. The highest BCUT2D eigenvalue weighted by Crippen LogP contribution is 2.04. The van der Waals surface area contributed by atoms with E-state index in [-0.39, 0.29) is 24.5 Å². The number of nitrogens with one attached hydrogen (secondary N) is 3. The van der Waals surface area contributed by atoms with E-state index >= 15 is 0 Å². The zero-order chi connectivity index (χ0) is 22.0. The lowest BCUT2D eigenvalue weighted by Gasteiger charge is -2.25. The van der Waals surface area contributed by atoms with Gasteiger partial charge < -0.3 is 32.5 Å². The molecule has 0 spiro atoms. The van der Waals surface area contributed by atoms with Crippen molar-refractivity contribution in [2.75, 3.05) is 5.75 Å². The average Bonchev–Trinajstić information content (AvgIpc) is 2.60. The van der Waals surface area contributed by atoms with Gasteiger partial charge in [0, 0.05) is 12.2 Å². The van der Waals surface area contributed by atoms with Gasteiger partial charge in [0.05, 0.1) is 6.04 Å². The minimum absolute atomic E-state index is 0.0962. The Kier molecular flexibility index (Phi) is 11.2. The summed E-state index contributed by atoms with van der Waals surface area (Å²) in [6.07, 6.45) is -0.395. The van der Waals surface area contributed by atoms with Crippen LogP contribution in [-0.4, -0.2) is 64.6 Å². The van der Waals surface area contributed by atoms with Gasteiger partial charge in [0.2, 0.25) is 23.6 Å². The molecule has 28 heavy (non-hydrogen) atoms. The Bertz CT molecular complexity index is 600. The Labute approximate surface area is 168 Å². The number of aliphatic carboxylic acids is 1. The van der Waals surface area contributed by atoms with Crippen molar-refractivity contribution in [2.45, 2.75) is 57.8 Å². The third-order valence-electron chi connectivity index (χ3n) is 3.83. The second-order valence-corrected chi connectivity index (χ2v) is 7.02. The molecule has 4 atom stereocenters. The van der Waals surface area contributed by atoms with E-state index in [0.29, 0.717) is 0 Å².